The highest BCUT2D eigenvalue weighted by atomic mass is 19.1. The highest BCUT2D eigenvalue weighted by molar-refractivity contribution is 5.93. The number of benzene rings is 2. The lowest BCUT2D eigenvalue weighted by Crippen LogP contribution is -2.39. The maximum absolute atomic E-state index is 13.2. The predicted molar refractivity (Wildman–Crippen MR) is 109 cm³/mol. The minimum absolute atomic E-state index is 0.0327. The van der Waals surface area contributed by atoms with Crippen molar-refractivity contribution in [1.82, 2.24) is 14.5 Å². The Labute approximate surface area is 169 Å². The number of halogens is 1. The Balaban J connectivity index is 1.38. The largest absolute Gasteiger partial charge is 0.497 e. The topological polar surface area (TPSA) is 47.4 Å². The molecule has 0 radical (unpaired) electrons. The molecule has 0 aliphatic carbocycles. The Morgan fingerprint density at radius 2 is 1.79 bits per heavy atom. The van der Waals surface area contributed by atoms with E-state index in [1.54, 1.807) is 36.3 Å². The van der Waals surface area contributed by atoms with E-state index < -0.39 is 0 Å². The van der Waals surface area contributed by atoms with Gasteiger partial charge in [0, 0.05) is 18.8 Å². The fraction of sp³-hybridized carbons (Fsp3) is 0.304. The Morgan fingerprint density at radius 3 is 2.45 bits per heavy atom. The second-order valence-electron chi connectivity index (χ2n) is 7.41. The SMILES string of the molecule is COc1ccc(CC2CCN(C(=O)c3cncn3-c3ccc(F)cc3)CC2)cc1. The van der Waals surface area contributed by atoms with Gasteiger partial charge in [-0.3, -0.25) is 9.36 Å². The minimum Gasteiger partial charge on any atom is -0.497 e. The number of hydrogen-bond acceptors (Lipinski definition) is 3. The van der Waals surface area contributed by atoms with Crippen molar-refractivity contribution in [2.24, 2.45) is 5.92 Å². The third kappa shape index (κ3) is 4.31. The molecular formula is C23H24FN3O2. The van der Waals surface area contributed by atoms with Gasteiger partial charge in [0.1, 0.15) is 17.3 Å². The summed E-state index contributed by atoms with van der Waals surface area (Å²) in [5.41, 5.74) is 2.52. The molecule has 1 fully saturated rings. The quantitative estimate of drug-likeness (QED) is 0.655. The van der Waals surface area contributed by atoms with Gasteiger partial charge in [-0.25, -0.2) is 9.37 Å². The summed E-state index contributed by atoms with van der Waals surface area (Å²) in [7, 11) is 1.67. The van der Waals surface area contributed by atoms with Crippen LogP contribution < -0.4 is 4.74 Å². The van der Waals surface area contributed by atoms with E-state index in [4.69, 9.17) is 4.74 Å². The maximum Gasteiger partial charge on any atom is 0.272 e. The first-order valence-electron chi connectivity index (χ1n) is 9.84. The minimum atomic E-state index is -0.305. The van der Waals surface area contributed by atoms with Crippen LogP contribution in [0.1, 0.15) is 28.9 Å². The normalized spacial score (nSPS) is 14.8. The molecule has 0 N–H and O–H groups in total. The van der Waals surface area contributed by atoms with Crippen molar-refractivity contribution in [2.75, 3.05) is 20.2 Å². The molecule has 1 aliphatic heterocycles. The van der Waals surface area contributed by atoms with Crippen LogP contribution in [0.15, 0.2) is 61.1 Å². The number of likely N-dealkylation sites (tertiary alicyclic amines) is 1. The zero-order valence-electron chi connectivity index (χ0n) is 16.4. The van der Waals surface area contributed by atoms with Crippen molar-refractivity contribution in [2.45, 2.75) is 19.3 Å². The van der Waals surface area contributed by atoms with E-state index in [0.717, 1.165) is 43.8 Å². The summed E-state index contributed by atoms with van der Waals surface area (Å²) in [5, 5.41) is 0. The van der Waals surface area contributed by atoms with E-state index in [2.05, 4.69) is 17.1 Å². The standard InChI is InChI=1S/C23H24FN3O2/c1-29-21-8-2-17(3-9-21)14-18-10-12-26(13-11-18)23(28)22-15-25-16-27(22)20-6-4-19(24)5-7-20/h2-9,15-16,18H,10-14H2,1H3. The highest BCUT2D eigenvalue weighted by Gasteiger charge is 2.26. The lowest BCUT2D eigenvalue weighted by molar-refractivity contribution is 0.0682. The molecule has 1 amide bonds. The first-order valence-corrected chi connectivity index (χ1v) is 9.84. The zero-order valence-corrected chi connectivity index (χ0v) is 16.4. The number of aromatic nitrogens is 2. The van der Waals surface area contributed by atoms with Crippen LogP contribution >= 0.6 is 0 Å². The molecule has 3 aromatic rings. The summed E-state index contributed by atoms with van der Waals surface area (Å²) in [6.07, 6.45) is 6.14. The molecule has 2 aromatic carbocycles. The monoisotopic (exact) mass is 393 g/mol. The van der Waals surface area contributed by atoms with Gasteiger partial charge in [-0.15, -0.1) is 0 Å². The van der Waals surface area contributed by atoms with Crippen LogP contribution in [0, 0.1) is 11.7 Å². The summed E-state index contributed by atoms with van der Waals surface area (Å²) >= 11 is 0. The van der Waals surface area contributed by atoms with E-state index in [1.807, 2.05) is 17.0 Å². The van der Waals surface area contributed by atoms with Gasteiger partial charge in [-0.2, -0.15) is 0 Å². The number of ether oxygens (including phenoxy) is 1. The van der Waals surface area contributed by atoms with Gasteiger partial charge in [0.2, 0.25) is 0 Å². The smallest absolute Gasteiger partial charge is 0.272 e. The summed E-state index contributed by atoms with van der Waals surface area (Å²) in [5.74, 6) is 1.09. The van der Waals surface area contributed by atoms with Crippen molar-refractivity contribution in [3.63, 3.8) is 0 Å². The number of carbonyl (C=O) groups is 1. The lowest BCUT2D eigenvalue weighted by atomic mass is 9.90. The Morgan fingerprint density at radius 1 is 1.10 bits per heavy atom. The molecule has 150 valence electrons. The molecule has 0 bridgehead atoms. The van der Waals surface area contributed by atoms with Crippen molar-refractivity contribution in [3.05, 3.63) is 78.1 Å². The Bertz CT molecular complexity index is 959. The maximum atomic E-state index is 13.2. The Kier molecular flexibility index (Phi) is 5.60. The van der Waals surface area contributed by atoms with Crippen LogP contribution in [0.5, 0.6) is 5.75 Å². The molecule has 2 heterocycles. The zero-order chi connectivity index (χ0) is 20.2. The molecule has 0 unspecified atom stereocenters. The van der Waals surface area contributed by atoms with Crippen LogP contribution in [-0.2, 0) is 6.42 Å². The lowest BCUT2D eigenvalue weighted by Gasteiger charge is -2.32. The van der Waals surface area contributed by atoms with Gasteiger partial charge < -0.3 is 9.64 Å². The highest BCUT2D eigenvalue weighted by Crippen LogP contribution is 2.24. The number of nitrogens with zero attached hydrogens (tertiary/aromatic N) is 3. The molecule has 0 spiro atoms. The van der Waals surface area contributed by atoms with E-state index >= 15 is 0 Å². The summed E-state index contributed by atoms with van der Waals surface area (Å²) in [4.78, 5) is 19.1. The molecule has 0 saturated carbocycles. The predicted octanol–water partition coefficient (Wildman–Crippen LogP) is 4.11. The number of amides is 1. The number of carbonyl (C=O) groups excluding carboxylic acids is 1. The van der Waals surface area contributed by atoms with Crippen LogP contribution in [0.25, 0.3) is 5.69 Å². The Hall–Kier alpha value is -3.15. The molecule has 1 aromatic heterocycles. The first-order chi connectivity index (χ1) is 14.1. The number of piperidine rings is 1. The van der Waals surface area contributed by atoms with Crippen molar-refractivity contribution >= 4 is 5.91 Å². The van der Waals surface area contributed by atoms with E-state index in [0.29, 0.717) is 11.6 Å². The van der Waals surface area contributed by atoms with E-state index in [-0.39, 0.29) is 11.7 Å². The summed E-state index contributed by atoms with van der Waals surface area (Å²) in [6.45, 7) is 1.46. The van der Waals surface area contributed by atoms with Crippen LogP contribution in [-0.4, -0.2) is 40.6 Å². The van der Waals surface area contributed by atoms with Gasteiger partial charge in [-0.1, -0.05) is 12.1 Å². The molecule has 6 heteroatoms. The van der Waals surface area contributed by atoms with Crippen molar-refractivity contribution in [3.8, 4) is 11.4 Å². The second kappa shape index (κ2) is 8.47. The number of hydrogen-bond donors (Lipinski definition) is 0. The summed E-state index contributed by atoms with van der Waals surface area (Å²) < 4.78 is 20.1. The number of rotatable bonds is 5. The van der Waals surface area contributed by atoms with Gasteiger partial charge in [0.05, 0.1) is 19.6 Å². The molecule has 1 saturated heterocycles. The van der Waals surface area contributed by atoms with Crippen LogP contribution in [0.2, 0.25) is 0 Å². The van der Waals surface area contributed by atoms with E-state index in [1.165, 1.54) is 17.7 Å². The molecule has 1 aliphatic rings. The number of methoxy groups -OCH3 is 1. The third-order valence-corrected chi connectivity index (χ3v) is 5.55. The molecular weight excluding hydrogens is 369 g/mol. The van der Waals surface area contributed by atoms with Crippen LogP contribution in [0.4, 0.5) is 4.39 Å². The second-order valence-corrected chi connectivity index (χ2v) is 7.41. The molecule has 0 atom stereocenters. The molecule has 5 nitrogen and oxygen atoms in total. The average Bonchev–Trinajstić information content (AvgIpc) is 3.25. The number of imidazole rings is 1. The van der Waals surface area contributed by atoms with Gasteiger partial charge in [0.15, 0.2) is 0 Å². The molecule has 29 heavy (non-hydrogen) atoms. The van der Waals surface area contributed by atoms with Crippen LogP contribution in [0.3, 0.4) is 0 Å². The summed E-state index contributed by atoms with van der Waals surface area (Å²) in [6, 6.07) is 14.3. The fourth-order valence-electron chi connectivity index (χ4n) is 3.86. The fourth-order valence-corrected chi connectivity index (χ4v) is 3.86. The van der Waals surface area contributed by atoms with Gasteiger partial charge in [-0.05, 0) is 67.1 Å². The first kappa shape index (κ1) is 19.2. The van der Waals surface area contributed by atoms with Gasteiger partial charge >= 0.3 is 0 Å². The molecule has 4 rings (SSSR count). The van der Waals surface area contributed by atoms with Gasteiger partial charge in [0.25, 0.3) is 5.91 Å². The van der Waals surface area contributed by atoms with Crippen molar-refractivity contribution in [1.29, 1.82) is 0 Å². The van der Waals surface area contributed by atoms with E-state index in [9.17, 15) is 9.18 Å². The third-order valence-electron chi connectivity index (χ3n) is 5.55. The average molecular weight is 393 g/mol. The van der Waals surface area contributed by atoms with Crippen molar-refractivity contribution < 1.29 is 13.9 Å².